The Balaban J connectivity index is 2.28. The minimum atomic E-state index is 0.468. The number of nitrogens with zero attached hydrogens (tertiary/aromatic N) is 1. The lowest BCUT2D eigenvalue weighted by Gasteiger charge is -2.08. The molecule has 0 unspecified atom stereocenters. The van der Waals surface area contributed by atoms with Crippen molar-refractivity contribution in [1.82, 2.24) is 0 Å². The minimum Gasteiger partial charge on any atom is -0.495 e. The normalized spacial score (nSPS) is 10.2. The fourth-order valence-electron chi connectivity index (χ4n) is 1.47. The smallest absolute Gasteiger partial charge is 0.136 e. The van der Waals surface area contributed by atoms with Crippen molar-refractivity contribution in [2.24, 2.45) is 0 Å². The molecule has 0 aromatic heterocycles. The van der Waals surface area contributed by atoms with Crippen molar-refractivity contribution in [3.05, 3.63) is 29.3 Å². The Morgan fingerprint density at radius 1 is 1.05 bits per heavy atom. The molecule has 0 amide bonds. The first-order chi connectivity index (χ1) is 9.31. The van der Waals surface area contributed by atoms with Gasteiger partial charge in [-0.1, -0.05) is 6.07 Å². The van der Waals surface area contributed by atoms with Crippen LogP contribution in [0, 0.1) is 11.3 Å². The topological polar surface area (TPSA) is 60.7 Å². The Morgan fingerprint density at radius 3 is 2.47 bits per heavy atom. The molecule has 0 N–H and O–H groups in total. The van der Waals surface area contributed by atoms with Crippen LogP contribution in [0.1, 0.15) is 11.1 Å². The molecule has 0 atom stereocenters. The van der Waals surface area contributed by atoms with Gasteiger partial charge in [0.1, 0.15) is 11.8 Å². The maximum atomic E-state index is 8.87. The zero-order valence-electron chi connectivity index (χ0n) is 11.3. The van der Waals surface area contributed by atoms with Gasteiger partial charge in [-0.05, 0) is 17.7 Å². The highest BCUT2D eigenvalue weighted by Crippen LogP contribution is 2.19. The zero-order chi connectivity index (χ0) is 13.9. The highest BCUT2D eigenvalue weighted by atomic mass is 16.5. The number of hydrogen-bond acceptors (Lipinski definition) is 5. The summed E-state index contributed by atoms with van der Waals surface area (Å²) in [6.07, 6.45) is 0. The molecule has 5 heteroatoms. The number of nitriles is 1. The monoisotopic (exact) mass is 265 g/mol. The highest BCUT2D eigenvalue weighted by molar-refractivity contribution is 5.45. The molecule has 0 heterocycles. The lowest BCUT2D eigenvalue weighted by molar-refractivity contribution is 0.0199. The maximum Gasteiger partial charge on any atom is 0.136 e. The summed E-state index contributed by atoms with van der Waals surface area (Å²) in [6.45, 7) is 2.69. The molecule has 0 bridgehead atoms. The molecule has 0 spiro atoms. The number of ether oxygens (including phenoxy) is 4. The molecule has 0 radical (unpaired) electrons. The zero-order valence-corrected chi connectivity index (χ0v) is 11.3. The molecule has 0 fully saturated rings. The van der Waals surface area contributed by atoms with Gasteiger partial charge in [-0.2, -0.15) is 5.26 Å². The largest absolute Gasteiger partial charge is 0.495 e. The lowest BCUT2D eigenvalue weighted by atomic mass is 10.1. The molecule has 1 rings (SSSR count). The van der Waals surface area contributed by atoms with Crippen molar-refractivity contribution < 1.29 is 18.9 Å². The first-order valence-electron chi connectivity index (χ1n) is 6.03. The van der Waals surface area contributed by atoms with Crippen molar-refractivity contribution in [3.8, 4) is 11.8 Å². The second-order valence-corrected chi connectivity index (χ2v) is 3.80. The van der Waals surface area contributed by atoms with Crippen LogP contribution in [0.5, 0.6) is 5.75 Å². The van der Waals surface area contributed by atoms with Gasteiger partial charge in [0.05, 0.1) is 45.7 Å². The number of hydrogen-bond donors (Lipinski definition) is 0. The van der Waals surface area contributed by atoms with Crippen molar-refractivity contribution in [2.45, 2.75) is 6.61 Å². The van der Waals surface area contributed by atoms with Gasteiger partial charge < -0.3 is 18.9 Å². The summed E-state index contributed by atoms with van der Waals surface area (Å²) in [4.78, 5) is 0. The molecule has 0 saturated carbocycles. The number of benzene rings is 1. The van der Waals surface area contributed by atoms with Crippen LogP contribution in [0.4, 0.5) is 0 Å². The van der Waals surface area contributed by atoms with E-state index < -0.39 is 0 Å². The van der Waals surface area contributed by atoms with E-state index in [0.29, 0.717) is 44.3 Å². The number of rotatable bonds is 9. The average molecular weight is 265 g/mol. The van der Waals surface area contributed by atoms with E-state index in [0.717, 1.165) is 5.56 Å². The average Bonchev–Trinajstić information content (AvgIpc) is 2.46. The van der Waals surface area contributed by atoms with Crippen molar-refractivity contribution in [2.75, 3.05) is 40.6 Å². The standard InChI is InChI=1S/C14H19NO4/c1-16-5-6-18-7-8-19-11-12-3-4-13(10-15)14(9-12)17-2/h3-4,9H,5-8,11H2,1-2H3. The van der Waals surface area contributed by atoms with E-state index in [-0.39, 0.29) is 0 Å². The Morgan fingerprint density at radius 2 is 1.79 bits per heavy atom. The third-order valence-corrected chi connectivity index (χ3v) is 2.46. The molecule has 19 heavy (non-hydrogen) atoms. The molecule has 5 nitrogen and oxygen atoms in total. The van der Waals surface area contributed by atoms with Crippen molar-refractivity contribution >= 4 is 0 Å². The first-order valence-corrected chi connectivity index (χ1v) is 6.03. The van der Waals surface area contributed by atoms with Crippen molar-refractivity contribution in [1.29, 1.82) is 5.26 Å². The second kappa shape index (κ2) is 9.34. The molecular weight excluding hydrogens is 246 g/mol. The maximum absolute atomic E-state index is 8.87. The molecule has 0 aliphatic rings. The van der Waals surface area contributed by atoms with Gasteiger partial charge in [0.15, 0.2) is 0 Å². The summed E-state index contributed by atoms with van der Waals surface area (Å²) < 4.78 is 20.7. The number of methoxy groups -OCH3 is 2. The first kappa shape index (κ1) is 15.4. The van der Waals surface area contributed by atoms with E-state index in [1.165, 1.54) is 0 Å². The van der Waals surface area contributed by atoms with Crippen molar-refractivity contribution in [3.63, 3.8) is 0 Å². The summed E-state index contributed by atoms with van der Waals surface area (Å²) >= 11 is 0. The summed E-state index contributed by atoms with van der Waals surface area (Å²) in [5.41, 5.74) is 1.49. The molecule has 1 aromatic carbocycles. The fraction of sp³-hybridized carbons (Fsp3) is 0.500. The van der Waals surface area contributed by atoms with E-state index >= 15 is 0 Å². The summed E-state index contributed by atoms with van der Waals surface area (Å²) in [5, 5.41) is 8.87. The predicted molar refractivity (Wildman–Crippen MR) is 70.1 cm³/mol. The van der Waals surface area contributed by atoms with Gasteiger partial charge in [0.2, 0.25) is 0 Å². The lowest BCUT2D eigenvalue weighted by Crippen LogP contribution is -2.08. The van der Waals surface area contributed by atoms with Crippen LogP contribution < -0.4 is 4.74 Å². The van der Waals surface area contributed by atoms with Gasteiger partial charge in [-0.3, -0.25) is 0 Å². The Labute approximate surface area is 113 Å². The van der Waals surface area contributed by atoms with Crippen LogP contribution in [0.15, 0.2) is 18.2 Å². The summed E-state index contributed by atoms with van der Waals surface area (Å²) in [5.74, 6) is 0.569. The van der Waals surface area contributed by atoms with Crippen LogP contribution in [0.3, 0.4) is 0 Å². The van der Waals surface area contributed by atoms with E-state index in [1.54, 1.807) is 20.3 Å². The van der Waals surface area contributed by atoms with E-state index in [2.05, 4.69) is 6.07 Å². The predicted octanol–water partition coefficient (Wildman–Crippen LogP) is 1.75. The molecule has 0 saturated heterocycles. The van der Waals surface area contributed by atoms with Crippen LogP contribution >= 0.6 is 0 Å². The van der Waals surface area contributed by atoms with Crippen LogP contribution in [0.2, 0.25) is 0 Å². The van der Waals surface area contributed by atoms with Gasteiger partial charge in [0.25, 0.3) is 0 Å². The summed E-state index contributed by atoms with van der Waals surface area (Å²) in [7, 11) is 3.18. The molecule has 104 valence electrons. The fourth-order valence-corrected chi connectivity index (χ4v) is 1.47. The molecular formula is C14H19NO4. The molecule has 0 aliphatic carbocycles. The van der Waals surface area contributed by atoms with Gasteiger partial charge in [0, 0.05) is 7.11 Å². The van der Waals surface area contributed by atoms with Gasteiger partial charge in [-0.15, -0.1) is 0 Å². The quantitative estimate of drug-likeness (QED) is 0.636. The van der Waals surface area contributed by atoms with Crippen LogP contribution in [0.25, 0.3) is 0 Å². The highest BCUT2D eigenvalue weighted by Gasteiger charge is 2.03. The van der Waals surface area contributed by atoms with Crippen LogP contribution in [-0.2, 0) is 20.8 Å². The second-order valence-electron chi connectivity index (χ2n) is 3.80. The van der Waals surface area contributed by atoms with E-state index in [9.17, 15) is 0 Å². The van der Waals surface area contributed by atoms with E-state index in [1.807, 2.05) is 12.1 Å². The van der Waals surface area contributed by atoms with E-state index in [4.69, 9.17) is 24.2 Å². The Kier molecular flexibility index (Phi) is 7.59. The third kappa shape index (κ3) is 5.71. The SMILES string of the molecule is COCCOCCOCc1ccc(C#N)c(OC)c1. The van der Waals surface area contributed by atoms with Crippen LogP contribution in [-0.4, -0.2) is 40.6 Å². The van der Waals surface area contributed by atoms with Gasteiger partial charge in [-0.25, -0.2) is 0 Å². The Bertz CT molecular complexity index is 414. The summed E-state index contributed by atoms with van der Waals surface area (Å²) in [6, 6.07) is 7.46. The molecule has 0 aliphatic heterocycles. The molecule has 1 aromatic rings. The van der Waals surface area contributed by atoms with Gasteiger partial charge >= 0.3 is 0 Å². The Hall–Kier alpha value is -1.61. The minimum absolute atomic E-state index is 0.468. The third-order valence-electron chi connectivity index (χ3n) is 2.46.